The number of rotatable bonds is 6. The maximum Gasteiger partial charge on any atom is 0.0502 e. The molecule has 4 nitrogen and oxygen atoms in total. The summed E-state index contributed by atoms with van der Waals surface area (Å²) in [6.45, 7) is 0.804. The largest absolute Gasteiger partial charge is 0.396 e. The lowest BCUT2D eigenvalue weighted by molar-refractivity contribution is 0.0991. The summed E-state index contributed by atoms with van der Waals surface area (Å²) in [6.07, 6.45) is 6.18. The van der Waals surface area contributed by atoms with E-state index in [0.717, 1.165) is 12.8 Å². The third-order valence-electron chi connectivity index (χ3n) is 3.97. The Morgan fingerprint density at radius 3 is 2.81 bits per heavy atom. The van der Waals surface area contributed by atoms with Gasteiger partial charge in [0.25, 0.3) is 0 Å². The highest BCUT2D eigenvalue weighted by Crippen LogP contribution is 2.47. The highest BCUT2D eigenvalue weighted by molar-refractivity contribution is 5.03. The van der Waals surface area contributed by atoms with Gasteiger partial charge in [-0.05, 0) is 37.7 Å². The first-order chi connectivity index (χ1) is 7.72. The third kappa shape index (κ3) is 2.13. The summed E-state index contributed by atoms with van der Waals surface area (Å²) in [5.41, 5.74) is 7.02. The summed E-state index contributed by atoms with van der Waals surface area (Å²) in [7, 11) is 1.95. The Hall–Kier alpha value is -0.870. The monoisotopic (exact) mass is 223 g/mol. The molecule has 0 bridgehead atoms. The van der Waals surface area contributed by atoms with Crippen molar-refractivity contribution in [2.24, 2.45) is 24.1 Å². The molecule has 1 heterocycles. The summed E-state index contributed by atoms with van der Waals surface area (Å²) in [6, 6.07) is 2.03. The van der Waals surface area contributed by atoms with Gasteiger partial charge in [-0.3, -0.25) is 4.68 Å². The Morgan fingerprint density at radius 1 is 1.62 bits per heavy atom. The van der Waals surface area contributed by atoms with E-state index in [0.29, 0.717) is 12.5 Å². The zero-order valence-corrected chi connectivity index (χ0v) is 9.89. The van der Waals surface area contributed by atoms with Gasteiger partial charge in [0.1, 0.15) is 0 Å². The third-order valence-corrected chi connectivity index (χ3v) is 3.97. The lowest BCUT2D eigenvalue weighted by atomic mass is 9.79. The van der Waals surface area contributed by atoms with Gasteiger partial charge in [-0.2, -0.15) is 5.10 Å². The van der Waals surface area contributed by atoms with E-state index in [2.05, 4.69) is 5.10 Å². The van der Waals surface area contributed by atoms with Crippen LogP contribution in [0.5, 0.6) is 0 Å². The van der Waals surface area contributed by atoms with Crippen LogP contribution in [-0.2, 0) is 13.5 Å². The summed E-state index contributed by atoms with van der Waals surface area (Å²) < 4.78 is 1.89. The van der Waals surface area contributed by atoms with Crippen molar-refractivity contribution < 1.29 is 5.11 Å². The van der Waals surface area contributed by atoms with E-state index in [4.69, 9.17) is 5.73 Å². The number of aromatic nitrogens is 2. The molecule has 0 aromatic carbocycles. The first-order valence-corrected chi connectivity index (χ1v) is 5.99. The fourth-order valence-corrected chi connectivity index (χ4v) is 2.46. The minimum atomic E-state index is -0.0513. The quantitative estimate of drug-likeness (QED) is 0.746. The van der Waals surface area contributed by atoms with E-state index in [9.17, 15) is 5.11 Å². The minimum absolute atomic E-state index is 0.0513. The fraction of sp³-hybridized carbons (Fsp3) is 0.750. The maximum atomic E-state index is 9.58. The number of aliphatic hydroxyl groups excluding tert-OH is 1. The molecule has 4 heteroatoms. The van der Waals surface area contributed by atoms with Crippen LogP contribution in [-0.4, -0.2) is 28.0 Å². The SMILES string of the molecule is Cn1nccc1CCC(CN)(CO)C1CC1. The summed E-state index contributed by atoms with van der Waals surface area (Å²) in [4.78, 5) is 0. The molecule has 1 unspecified atom stereocenters. The van der Waals surface area contributed by atoms with Gasteiger partial charge in [-0.25, -0.2) is 0 Å². The molecule has 1 atom stereocenters. The van der Waals surface area contributed by atoms with Crippen LogP contribution in [0.3, 0.4) is 0 Å². The van der Waals surface area contributed by atoms with Crippen LogP contribution in [0.1, 0.15) is 25.0 Å². The molecule has 0 spiro atoms. The molecule has 0 radical (unpaired) electrons. The predicted octanol–water partition coefficient (Wildman–Crippen LogP) is 0.700. The topological polar surface area (TPSA) is 64.1 Å². The first kappa shape index (κ1) is 11.6. The molecule has 0 amide bonds. The molecule has 1 aromatic heterocycles. The van der Waals surface area contributed by atoms with Crippen molar-refractivity contribution in [3.05, 3.63) is 18.0 Å². The second-order valence-electron chi connectivity index (χ2n) is 4.95. The summed E-state index contributed by atoms with van der Waals surface area (Å²) in [5.74, 6) is 0.635. The Balaban J connectivity index is 1.99. The van der Waals surface area contributed by atoms with Crippen molar-refractivity contribution in [1.82, 2.24) is 9.78 Å². The van der Waals surface area contributed by atoms with Crippen LogP contribution >= 0.6 is 0 Å². The zero-order valence-electron chi connectivity index (χ0n) is 9.89. The zero-order chi connectivity index (χ0) is 11.6. The lowest BCUT2D eigenvalue weighted by Crippen LogP contribution is -2.37. The van der Waals surface area contributed by atoms with Crippen LogP contribution in [0.4, 0.5) is 0 Å². The van der Waals surface area contributed by atoms with Gasteiger partial charge in [0.2, 0.25) is 0 Å². The molecule has 3 N–H and O–H groups in total. The smallest absolute Gasteiger partial charge is 0.0502 e. The fourth-order valence-electron chi connectivity index (χ4n) is 2.46. The van der Waals surface area contributed by atoms with E-state index in [1.165, 1.54) is 18.5 Å². The maximum absolute atomic E-state index is 9.58. The molecule has 2 rings (SSSR count). The molecule has 0 aliphatic heterocycles. The average Bonchev–Trinajstić information content (AvgIpc) is 3.07. The lowest BCUT2D eigenvalue weighted by Gasteiger charge is -2.30. The number of hydrogen-bond donors (Lipinski definition) is 2. The van der Waals surface area contributed by atoms with Gasteiger partial charge in [0, 0.05) is 30.9 Å². The van der Waals surface area contributed by atoms with Gasteiger partial charge in [-0.15, -0.1) is 0 Å². The molecular weight excluding hydrogens is 202 g/mol. The molecule has 0 saturated heterocycles. The highest BCUT2D eigenvalue weighted by atomic mass is 16.3. The Kier molecular flexibility index (Phi) is 3.30. The minimum Gasteiger partial charge on any atom is -0.396 e. The molecule has 1 aliphatic rings. The molecule has 1 fully saturated rings. The van der Waals surface area contributed by atoms with Gasteiger partial charge in [0.15, 0.2) is 0 Å². The first-order valence-electron chi connectivity index (χ1n) is 5.99. The Bertz CT molecular complexity index is 340. The Morgan fingerprint density at radius 2 is 2.38 bits per heavy atom. The predicted molar refractivity (Wildman–Crippen MR) is 62.8 cm³/mol. The van der Waals surface area contributed by atoms with Gasteiger partial charge >= 0.3 is 0 Å². The number of nitrogens with two attached hydrogens (primary N) is 1. The number of aliphatic hydroxyl groups is 1. The van der Waals surface area contributed by atoms with Crippen molar-refractivity contribution in [2.75, 3.05) is 13.2 Å². The summed E-state index contributed by atoms with van der Waals surface area (Å²) >= 11 is 0. The highest BCUT2D eigenvalue weighted by Gasteiger charge is 2.43. The van der Waals surface area contributed by atoms with E-state index in [-0.39, 0.29) is 12.0 Å². The van der Waals surface area contributed by atoms with E-state index >= 15 is 0 Å². The molecular formula is C12H21N3O. The van der Waals surface area contributed by atoms with E-state index < -0.39 is 0 Å². The van der Waals surface area contributed by atoms with Crippen LogP contribution < -0.4 is 5.73 Å². The molecule has 1 aromatic rings. The van der Waals surface area contributed by atoms with Crippen molar-refractivity contribution in [2.45, 2.75) is 25.7 Å². The molecule has 1 aliphatic carbocycles. The normalized spacial score (nSPS) is 19.7. The van der Waals surface area contributed by atoms with Gasteiger partial charge < -0.3 is 10.8 Å². The second kappa shape index (κ2) is 4.55. The molecule has 1 saturated carbocycles. The van der Waals surface area contributed by atoms with E-state index in [1.54, 1.807) is 0 Å². The molecule has 16 heavy (non-hydrogen) atoms. The number of hydrogen-bond acceptors (Lipinski definition) is 3. The van der Waals surface area contributed by atoms with Crippen molar-refractivity contribution in [3.8, 4) is 0 Å². The van der Waals surface area contributed by atoms with Crippen LogP contribution in [0.15, 0.2) is 12.3 Å². The van der Waals surface area contributed by atoms with E-state index in [1.807, 2.05) is 24.0 Å². The second-order valence-corrected chi connectivity index (χ2v) is 4.95. The van der Waals surface area contributed by atoms with Gasteiger partial charge in [0.05, 0.1) is 6.61 Å². The van der Waals surface area contributed by atoms with Crippen LogP contribution in [0, 0.1) is 11.3 Å². The van der Waals surface area contributed by atoms with Gasteiger partial charge in [-0.1, -0.05) is 0 Å². The number of aryl methyl sites for hydroxylation is 2. The van der Waals surface area contributed by atoms with Crippen molar-refractivity contribution in [3.63, 3.8) is 0 Å². The van der Waals surface area contributed by atoms with Crippen LogP contribution in [0.25, 0.3) is 0 Å². The van der Waals surface area contributed by atoms with Crippen LogP contribution in [0.2, 0.25) is 0 Å². The van der Waals surface area contributed by atoms with Crippen molar-refractivity contribution >= 4 is 0 Å². The summed E-state index contributed by atoms with van der Waals surface area (Å²) in [5, 5.41) is 13.7. The Labute approximate surface area is 96.5 Å². The molecule has 90 valence electrons. The average molecular weight is 223 g/mol. The standard InChI is InChI=1S/C12H21N3O/c1-15-11(5-7-14-15)4-6-12(8-13,9-16)10-2-3-10/h5,7,10,16H,2-4,6,8-9,13H2,1H3. The van der Waals surface area contributed by atoms with Crippen molar-refractivity contribution in [1.29, 1.82) is 0 Å². The number of nitrogens with zero attached hydrogens (tertiary/aromatic N) is 2.